The average molecular weight is 182 g/mol. The molecule has 1 nitrogen and oxygen atoms in total. The largest absolute Gasteiger partial charge is 0.261 e. The van der Waals surface area contributed by atoms with Crippen LogP contribution in [0.3, 0.4) is 0 Å². The molecular formula is C10H12ClN. The fourth-order valence-corrected chi connectivity index (χ4v) is 2.30. The Kier molecular flexibility index (Phi) is 2.05. The molecule has 0 saturated heterocycles. The molecule has 1 aromatic rings. The van der Waals surface area contributed by atoms with E-state index in [4.69, 9.17) is 11.6 Å². The molecule has 0 N–H and O–H groups in total. The van der Waals surface area contributed by atoms with Gasteiger partial charge in [-0.15, -0.1) is 0 Å². The highest BCUT2D eigenvalue weighted by atomic mass is 35.5. The molecule has 1 unspecified atom stereocenters. The van der Waals surface area contributed by atoms with Crippen molar-refractivity contribution in [3.05, 3.63) is 28.5 Å². The standard InChI is InChI=1S/C10H12ClN/c1-2-7-3-4-9-10(7)8(11)5-6-12-9/h5-7H,2-4H2,1H3. The van der Waals surface area contributed by atoms with E-state index in [1.54, 1.807) is 6.20 Å². The van der Waals surface area contributed by atoms with Gasteiger partial charge in [-0.2, -0.15) is 0 Å². The molecule has 64 valence electrons. The van der Waals surface area contributed by atoms with Gasteiger partial charge in [0.15, 0.2) is 0 Å². The van der Waals surface area contributed by atoms with E-state index in [2.05, 4.69) is 11.9 Å². The van der Waals surface area contributed by atoms with E-state index in [-0.39, 0.29) is 0 Å². The van der Waals surface area contributed by atoms with Crippen LogP contribution in [0.25, 0.3) is 0 Å². The van der Waals surface area contributed by atoms with Gasteiger partial charge in [-0.05, 0) is 36.8 Å². The van der Waals surface area contributed by atoms with Crippen LogP contribution < -0.4 is 0 Å². The second-order valence-corrected chi connectivity index (χ2v) is 3.70. The highest BCUT2D eigenvalue weighted by molar-refractivity contribution is 6.31. The molecule has 1 aliphatic rings. The summed E-state index contributed by atoms with van der Waals surface area (Å²) < 4.78 is 0. The SMILES string of the molecule is CCC1CCc2nccc(Cl)c21. The van der Waals surface area contributed by atoms with Crippen molar-refractivity contribution < 1.29 is 0 Å². The summed E-state index contributed by atoms with van der Waals surface area (Å²) in [5.41, 5.74) is 2.52. The third-order valence-electron chi connectivity index (χ3n) is 2.65. The predicted molar refractivity (Wildman–Crippen MR) is 50.6 cm³/mol. The fraction of sp³-hybridized carbons (Fsp3) is 0.500. The Balaban J connectivity index is 2.48. The third kappa shape index (κ3) is 1.13. The van der Waals surface area contributed by atoms with Crippen LogP contribution in [0.4, 0.5) is 0 Å². The lowest BCUT2D eigenvalue weighted by atomic mass is 10.0. The Labute approximate surface area is 77.8 Å². The maximum Gasteiger partial charge on any atom is 0.0474 e. The van der Waals surface area contributed by atoms with E-state index in [1.807, 2.05) is 6.07 Å². The number of fused-ring (bicyclic) bond motifs is 1. The third-order valence-corrected chi connectivity index (χ3v) is 2.98. The zero-order chi connectivity index (χ0) is 8.55. The van der Waals surface area contributed by atoms with Crippen molar-refractivity contribution in [2.24, 2.45) is 0 Å². The van der Waals surface area contributed by atoms with Crippen molar-refractivity contribution in [3.63, 3.8) is 0 Å². The molecule has 12 heavy (non-hydrogen) atoms. The van der Waals surface area contributed by atoms with Crippen LogP contribution >= 0.6 is 11.6 Å². The molecule has 0 fully saturated rings. The monoisotopic (exact) mass is 181 g/mol. The van der Waals surface area contributed by atoms with Gasteiger partial charge in [0.1, 0.15) is 0 Å². The first-order chi connectivity index (χ1) is 5.83. The number of aryl methyl sites for hydroxylation is 1. The predicted octanol–water partition coefficient (Wildman–Crippen LogP) is 3.17. The van der Waals surface area contributed by atoms with E-state index >= 15 is 0 Å². The molecule has 0 bridgehead atoms. The molecule has 0 saturated carbocycles. The van der Waals surface area contributed by atoms with Gasteiger partial charge in [-0.3, -0.25) is 4.98 Å². The topological polar surface area (TPSA) is 12.9 Å². The average Bonchev–Trinajstić information content (AvgIpc) is 2.49. The maximum absolute atomic E-state index is 6.10. The minimum Gasteiger partial charge on any atom is -0.261 e. The van der Waals surface area contributed by atoms with Crippen LogP contribution in [0.2, 0.25) is 5.02 Å². The highest BCUT2D eigenvalue weighted by Crippen LogP contribution is 2.38. The molecule has 1 heterocycles. The molecule has 0 spiro atoms. The number of rotatable bonds is 1. The minimum absolute atomic E-state index is 0.654. The lowest BCUT2D eigenvalue weighted by molar-refractivity contribution is 0.656. The summed E-state index contributed by atoms with van der Waals surface area (Å²) in [7, 11) is 0. The number of halogens is 1. The summed E-state index contributed by atoms with van der Waals surface area (Å²) in [6.45, 7) is 2.21. The van der Waals surface area contributed by atoms with Crippen molar-refractivity contribution in [3.8, 4) is 0 Å². The summed E-state index contributed by atoms with van der Waals surface area (Å²) in [6, 6.07) is 1.90. The Morgan fingerprint density at radius 1 is 1.67 bits per heavy atom. The first-order valence-electron chi connectivity index (χ1n) is 4.46. The van der Waals surface area contributed by atoms with Gasteiger partial charge in [-0.25, -0.2) is 0 Å². The maximum atomic E-state index is 6.10. The zero-order valence-corrected chi connectivity index (χ0v) is 7.93. The number of aromatic nitrogens is 1. The van der Waals surface area contributed by atoms with Crippen molar-refractivity contribution in [1.82, 2.24) is 4.98 Å². The molecule has 1 aromatic heterocycles. The Morgan fingerprint density at radius 3 is 3.25 bits per heavy atom. The lowest BCUT2D eigenvalue weighted by Gasteiger charge is -2.08. The highest BCUT2D eigenvalue weighted by Gasteiger charge is 2.23. The van der Waals surface area contributed by atoms with E-state index in [1.165, 1.54) is 24.1 Å². The molecule has 2 heteroatoms. The van der Waals surface area contributed by atoms with Gasteiger partial charge < -0.3 is 0 Å². The Hall–Kier alpha value is -0.560. The van der Waals surface area contributed by atoms with E-state index in [0.717, 1.165) is 11.4 Å². The number of hydrogen-bond acceptors (Lipinski definition) is 1. The molecule has 0 aliphatic heterocycles. The van der Waals surface area contributed by atoms with Gasteiger partial charge in [-0.1, -0.05) is 18.5 Å². The van der Waals surface area contributed by atoms with E-state index in [9.17, 15) is 0 Å². The summed E-state index contributed by atoms with van der Waals surface area (Å²) in [6.07, 6.45) is 5.31. The fourth-order valence-electron chi connectivity index (χ4n) is 1.98. The first-order valence-corrected chi connectivity index (χ1v) is 4.84. The zero-order valence-electron chi connectivity index (χ0n) is 7.18. The van der Waals surface area contributed by atoms with Crippen molar-refractivity contribution in [2.75, 3.05) is 0 Å². The molecular weight excluding hydrogens is 170 g/mol. The van der Waals surface area contributed by atoms with E-state index < -0.39 is 0 Å². The molecule has 2 rings (SSSR count). The van der Waals surface area contributed by atoms with Crippen molar-refractivity contribution in [1.29, 1.82) is 0 Å². The van der Waals surface area contributed by atoms with Crippen LogP contribution in [0.15, 0.2) is 12.3 Å². The van der Waals surface area contributed by atoms with Crippen LogP contribution in [0.5, 0.6) is 0 Å². The molecule has 0 radical (unpaired) electrons. The summed E-state index contributed by atoms with van der Waals surface area (Å²) in [5.74, 6) is 0.654. The van der Waals surface area contributed by atoms with Gasteiger partial charge in [0.2, 0.25) is 0 Å². The van der Waals surface area contributed by atoms with Gasteiger partial charge in [0, 0.05) is 16.9 Å². The van der Waals surface area contributed by atoms with Gasteiger partial charge in [0.25, 0.3) is 0 Å². The second kappa shape index (κ2) is 3.06. The quantitative estimate of drug-likeness (QED) is 0.649. The van der Waals surface area contributed by atoms with E-state index in [0.29, 0.717) is 5.92 Å². The molecule has 1 atom stereocenters. The van der Waals surface area contributed by atoms with Gasteiger partial charge in [0.05, 0.1) is 0 Å². The molecule has 0 amide bonds. The summed E-state index contributed by atoms with van der Waals surface area (Å²) >= 11 is 6.10. The van der Waals surface area contributed by atoms with Crippen molar-refractivity contribution >= 4 is 11.6 Å². The first kappa shape index (κ1) is 8.06. The normalized spacial score (nSPS) is 21.0. The lowest BCUT2D eigenvalue weighted by Crippen LogP contribution is -1.93. The molecule has 1 aliphatic carbocycles. The van der Waals surface area contributed by atoms with Crippen LogP contribution in [-0.2, 0) is 6.42 Å². The Morgan fingerprint density at radius 2 is 2.50 bits per heavy atom. The second-order valence-electron chi connectivity index (χ2n) is 3.30. The summed E-state index contributed by atoms with van der Waals surface area (Å²) in [4.78, 5) is 4.33. The number of hydrogen-bond donors (Lipinski definition) is 0. The smallest absolute Gasteiger partial charge is 0.0474 e. The van der Waals surface area contributed by atoms with Crippen molar-refractivity contribution in [2.45, 2.75) is 32.1 Å². The minimum atomic E-state index is 0.654. The summed E-state index contributed by atoms with van der Waals surface area (Å²) in [5, 5.41) is 0.907. The molecule has 0 aromatic carbocycles. The van der Waals surface area contributed by atoms with Crippen LogP contribution in [0.1, 0.15) is 36.9 Å². The van der Waals surface area contributed by atoms with Crippen LogP contribution in [0, 0.1) is 0 Å². The number of nitrogens with zero attached hydrogens (tertiary/aromatic N) is 1. The van der Waals surface area contributed by atoms with Crippen LogP contribution in [-0.4, -0.2) is 4.98 Å². The Bertz CT molecular complexity index is 296. The number of pyridine rings is 1. The van der Waals surface area contributed by atoms with Gasteiger partial charge >= 0.3 is 0 Å².